The molecular weight excluding hydrogens is 192 g/mol. The third-order valence-electron chi connectivity index (χ3n) is 1.89. The average Bonchev–Trinajstić information content (AvgIpc) is 2.24. The molecule has 0 spiro atoms. The van der Waals surface area contributed by atoms with Gasteiger partial charge in [-0.1, -0.05) is 24.1 Å². The van der Waals surface area contributed by atoms with Crippen LogP contribution >= 0.6 is 0 Å². The van der Waals surface area contributed by atoms with Gasteiger partial charge < -0.3 is 5.11 Å². The van der Waals surface area contributed by atoms with E-state index < -0.39 is 5.97 Å². The second kappa shape index (κ2) is 5.61. The van der Waals surface area contributed by atoms with Gasteiger partial charge in [0.2, 0.25) is 0 Å². The van der Waals surface area contributed by atoms with Gasteiger partial charge in [0.1, 0.15) is 0 Å². The highest BCUT2D eigenvalue weighted by molar-refractivity contribution is 5.74. The molecule has 0 aliphatic carbocycles. The molecule has 1 aromatic carbocycles. The number of carbonyl (C=O) groups excluding carboxylic acids is 1. The van der Waals surface area contributed by atoms with Crippen LogP contribution in [0.1, 0.15) is 17.5 Å². The van der Waals surface area contributed by atoms with Crippen LogP contribution in [0.2, 0.25) is 0 Å². The van der Waals surface area contributed by atoms with Crippen molar-refractivity contribution in [2.45, 2.75) is 12.8 Å². The molecule has 0 saturated heterocycles. The fourth-order valence-electron chi connectivity index (χ4n) is 1.21. The first-order valence-electron chi connectivity index (χ1n) is 4.49. The summed E-state index contributed by atoms with van der Waals surface area (Å²) >= 11 is 0. The third kappa shape index (κ3) is 3.65. The summed E-state index contributed by atoms with van der Waals surface area (Å²) in [5, 5.41) is 8.55. The van der Waals surface area contributed by atoms with Gasteiger partial charge in [0.15, 0.2) is 6.29 Å². The smallest absolute Gasteiger partial charge is 0.303 e. The van der Waals surface area contributed by atoms with Crippen molar-refractivity contribution in [3.63, 3.8) is 0 Å². The highest BCUT2D eigenvalue weighted by Crippen LogP contribution is 2.09. The van der Waals surface area contributed by atoms with Crippen molar-refractivity contribution in [3.8, 4) is 11.8 Å². The van der Waals surface area contributed by atoms with Crippen LogP contribution in [0, 0.1) is 11.8 Å². The lowest BCUT2D eigenvalue weighted by Gasteiger charge is -2.01. The zero-order valence-electron chi connectivity index (χ0n) is 8.06. The van der Waals surface area contributed by atoms with Gasteiger partial charge in [-0.05, 0) is 24.0 Å². The van der Waals surface area contributed by atoms with E-state index in [1.54, 1.807) is 12.1 Å². The lowest BCUT2D eigenvalue weighted by molar-refractivity contribution is -0.136. The van der Waals surface area contributed by atoms with Crippen LogP contribution < -0.4 is 0 Å². The molecular formula is C12H10O3. The molecule has 3 nitrogen and oxygen atoms in total. The Bertz CT molecular complexity index is 424. The maximum absolute atomic E-state index is 10.4. The predicted octanol–water partition coefficient (Wildman–Crippen LogP) is 1.25. The fourth-order valence-corrected chi connectivity index (χ4v) is 1.21. The Morgan fingerprint density at radius 2 is 2.13 bits per heavy atom. The molecule has 76 valence electrons. The maximum Gasteiger partial charge on any atom is 0.303 e. The summed E-state index contributed by atoms with van der Waals surface area (Å²) in [6.45, 7) is 0. The minimum atomic E-state index is -0.840. The monoisotopic (exact) mass is 202 g/mol. The van der Waals surface area contributed by atoms with Crippen LogP contribution in [-0.2, 0) is 16.0 Å². The second-order valence-corrected chi connectivity index (χ2v) is 2.94. The lowest BCUT2D eigenvalue weighted by atomic mass is 10.0. The first kappa shape index (κ1) is 11.0. The van der Waals surface area contributed by atoms with Crippen LogP contribution in [0.25, 0.3) is 0 Å². The Labute approximate surface area is 87.7 Å². The molecule has 0 aromatic heterocycles. The van der Waals surface area contributed by atoms with Crippen LogP contribution in [0.15, 0.2) is 24.3 Å². The number of hydrogen-bond donors (Lipinski definition) is 1. The van der Waals surface area contributed by atoms with Crippen molar-refractivity contribution in [3.05, 3.63) is 35.4 Å². The van der Waals surface area contributed by atoms with Gasteiger partial charge in [-0.3, -0.25) is 9.59 Å². The number of carbonyl (C=O) groups is 2. The number of rotatable bonds is 3. The number of hydrogen-bond acceptors (Lipinski definition) is 2. The lowest BCUT2D eigenvalue weighted by Crippen LogP contribution is -1.99. The molecule has 3 heteroatoms. The highest BCUT2D eigenvalue weighted by atomic mass is 16.4. The molecule has 0 fully saturated rings. The van der Waals surface area contributed by atoms with Gasteiger partial charge in [-0.25, -0.2) is 0 Å². The van der Waals surface area contributed by atoms with Gasteiger partial charge in [-0.2, -0.15) is 0 Å². The van der Waals surface area contributed by atoms with Crippen LogP contribution in [-0.4, -0.2) is 17.4 Å². The minimum absolute atomic E-state index is 0.0692. The maximum atomic E-state index is 10.4. The number of carboxylic acid groups (broad SMARTS) is 1. The number of aliphatic carboxylic acids is 1. The molecule has 0 saturated carbocycles. The Kier molecular flexibility index (Phi) is 4.11. The van der Waals surface area contributed by atoms with Crippen LogP contribution in [0.3, 0.4) is 0 Å². The van der Waals surface area contributed by atoms with Crippen molar-refractivity contribution >= 4 is 12.3 Å². The summed E-state index contributed by atoms with van der Waals surface area (Å²) in [6.07, 6.45) is 1.02. The van der Waals surface area contributed by atoms with E-state index in [0.717, 1.165) is 5.56 Å². The topological polar surface area (TPSA) is 54.4 Å². The summed E-state index contributed by atoms with van der Waals surface area (Å²) in [6, 6.07) is 7.22. The Morgan fingerprint density at radius 1 is 1.40 bits per heavy atom. The van der Waals surface area contributed by atoms with Crippen molar-refractivity contribution < 1.29 is 14.7 Å². The van der Waals surface area contributed by atoms with Crippen molar-refractivity contribution in [1.82, 2.24) is 0 Å². The molecule has 0 heterocycles. The van der Waals surface area contributed by atoms with Crippen LogP contribution in [0.5, 0.6) is 0 Å². The molecule has 1 N–H and O–H groups in total. The molecule has 0 bridgehead atoms. The standard InChI is InChI=1S/C12H10O3/c13-9-3-6-10-4-1-2-5-11(10)7-8-12(14)15/h1-2,4-5,9H,7-8H2,(H,14,15). The van der Waals surface area contributed by atoms with Gasteiger partial charge >= 0.3 is 5.97 Å². The van der Waals surface area contributed by atoms with E-state index in [1.807, 2.05) is 12.1 Å². The van der Waals surface area contributed by atoms with Gasteiger partial charge in [0, 0.05) is 12.0 Å². The van der Waals surface area contributed by atoms with Crippen molar-refractivity contribution in [2.75, 3.05) is 0 Å². The van der Waals surface area contributed by atoms with Crippen molar-refractivity contribution in [1.29, 1.82) is 0 Å². The molecule has 0 radical (unpaired) electrons. The van der Waals surface area contributed by atoms with E-state index in [-0.39, 0.29) is 6.42 Å². The average molecular weight is 202 g/mol. The molecule has 0 unspecified atom stereocenters. The first-order valence-corrected chi connectivity index (χ1v) is 4.49. The summed E-state index contributed by atoms with van der Waals surface area (Å²) in [7, 11) is 0. The van der Waals surface area contributed by atoms with E-state index >= 15 is 0 Å². The number of carboxylic acids is 1. The Balaban J connectivity index is 2.86. The van der Waals surface area contributed by atoms with Crippen molar-refractivity contribution in [2.24, 2.45) is 0 Å². The second-order valence-electron chi connectivity index (χ2n) is 2.94. The highest BCUT2D eigenvalue weighted by Gasteiger charge is 2.02. The van der Waals surface area contributed by atoms with E-state index in [9.17, 15) is 9.59 Å². The third-order valence-corrected chi connectivity index (χ3v) is 1.89. The van der Waals surface area contributed by atoms with Gasteiger partial charge in [0.25, 0.3) is 0 Å². The van der Waals surface area contributed by atoms with E-state index in [0.29, 0.717) is 18.3 Å². The normalized spacial score (nSPS) is 8.80. The molecule has 0 aliphatic heterocycles. The van der Waals surface area contributed by atoms with E-state index in [4.69, 9.17) is 5.11 Å². The summed E-state index contributed by atoms with van der Waals surface area (Å²) < 4.78 is 0. The number of benzene rings is 1. The molecule has 0 aliphatic rings. The predicted molar refractivity (Wildman–Crippen MR) is 55.3 cm³/mol. The Morgan fingerprint density at radius 3 is 2.80 bits per heavy atom. The van der Waals surface area contributed by atoms with Crippen LogP contribution in [0.4, 0.5) is 0 Å². The fraction of sp³-hybridized carbons (Fsp3) is 0.167. The zero-order chi connectivity index (χ0) is 11.1. The molecule has 15 heavy (non-hydrogen) atoms. The minimum Gasteiger partial charge on any atom is -0.481 e. The molecule has 1 rings (SSSR count). The van der Waals surface area contributed by atoms with E-state index in [1.165, 1.54) is 0 Å². The largest absolute Gasteiger partial charge is 0.481 e. The quantitative estimate of drug-likeness (QED) is 0.593. The van der Waals surface area contributed by atoms with E-state index in [2.05, 4.69) is 11.8 Å². The molecule has 1 aromatic rings. The van der Waals surface area contributed by atoms with Gasteiger partial charge in [-0.15, -0.1) is 0 Å². The summed E-state index contributed by atoms with van der Waals surface area (Å²) in [5.41, 5.74) is 1.57. The summed E-state index contributed by atoms with van der Waals surface area (Å²) in [5.74, 6) is 4.15. The number of aryl methyl sites for hydroxylation is 1. The Hall–Kier alpha value is -2.08. The SMILES string of the molecule is O=CC#Cc1ccccc1CCC(=O)O. The molecule has 0 amide bonds. The summed E-state index contributed by atoms with van der Waals surface area (Å²) in [4.78, 5) is 20.5. The first-order chi connectivity index (χ1) is 7.24. The van der Waals surface area contributed by atoms with Gasteiger partial charge in [0.05, 0.1) is 0 Å². The zero-order valence-corrected chi connectivity index (χ0v) is 8.06. The molecule has 0 atom stereocenters. The number of aldehydes is 1.